The van der Waals surface area contributed by atoms with Crippen molar-refractivity contribution >= 4 is 38.5 Å². The van der Waals surface area contributed by atoms with Crippen LogP contribution in [0.4, 0.5) is 0 Å². The van der Waals surface area contributed by atoms with E-state index in [4.69, 9.17) is 4.74 Å². The molecule has 0 spiro atoms. The molecule has 0 aliphatic heterocycles. The van der Waals surface area contributed by atoms with Crippen LogP contribution in [0.15, 0.2) is 42.5 Å². The molecule has 19 heavy (non-hydrogen) atoms. The number of hydrogen-bond acceptors (Lipinski definition) is 1. The molecule has 1 unspecified atom stereocenters. The molecule has 0 N–H and O–H groups in total. The van der Waals surface area contributed by atoms with Gasteiger partial charge in [-0.1, -0.05) is 46.3 Å². The van der Waals surface area contributed by atoms with E-state index < -0.39 is 0 Å². The van der Waals surface area contributed by atoms with Crippen LogP contribution in [0.25, 0.3) is 0 Å². The van der Waals surface area contributed by atoms with Crippen molar-refractivity contribution in [3.63, 3.8) is 0 Å². The standard InChI is InChI=1S/C16H16BrIO/c1-11-5-3-8-14(16(11)18)15(17)10-12-6-4-7-13(9-12)19-2/h3-9,15H,10H2,1-2H3. The number of methoxy groups -OCH3 is 1. The lowest BCUT2D eigenvalue weighted by Crippen LogP contribution is -1.99. The summed E-state index contributed by atoms with van der Waals surface area (Å²) < 4.78 is 6.61. The topological polar surface area (TPSA) is 9.23 Å². The summed E-state index contributed by atoms with van der Waals surface area (Å²) in [6.07, 6.45) is 0.955. The summed E-state index contributed by atoms with van der Waals surface area (Å²) in [4.78, 5) is 0.325. The third-order valence-corrected chi connectivity index (χ3v) is 5.40. The zero-order chi connectivity index (χ0) is 13.8. The van der Waals surface area contributed by atoms with E-state index >= 15 is 0 Å². The maximum absolute atomic E-state index is 5.27. The van der Waals surface area contributed by atoms with Crippen molar-refractivity contribution in [1.29, 1.82) is 0 Å². The van der Waals surface area contributed by atoms with Crippen LogP contribution in [0.2, 0.25) is 0 Å². The molecule has 100 valence electrons. The summed E-state index contributed by atoms with van der Waals surface area (Å²) in [6, 6.07) is 14.7. The maximum Gasteiger partial charge on any atom is 0.119 e. The van der Waals surface area contributed by atoms with Gasteiger partial charge in [0.05, 0.1) is 7.11 Å². The minimum atomic E-state index is 0.325. The summed E-state index contributed by atoms with van der Waals surface area (Å²) in [5, 5.41) is 0. The number of hydrogen-bond donors (Lipinski definition) is 0. The molecule has 0 aliphatic rings. The Labute approximate surface area is 136 Å². The van der Waals surface area contributed by atoms with Gasteiger partial charge in [0.2, 0.25) is 0 Å². The van der Waals surface area contributed by atoms with Crippen molar-refractivity contribution in [3.8, 4) is 5.75 Å². The predicted octanol–water partition coefficient (Wildman–Crippen LogP) is 5.29. The van der Waals surface area contributed by atoms with Gasteiger partial charge >= 0.3 is 0 Å². The molecule has 0 fully saturated rings. The molecule has 0 heterocycles. The van der Waals surface area contributed by atoms with Crippen molar-refractivity contribution in [3.05, 3.63) is 62.7 Å². The molecule has 0 amide bonds. The fraction of sp³-hybridized carbons (Fsp3) is 0.250. The Morgan fingerprint density at radius 3 is 2.68 bits per heavy atom. The Hall–Kier alpha value is -0.550. The highest BCUT2D eigenvalue weighted by molar-refractivity contribution is 14.1. The lowest BCUT2D eigenvalue weighted by Gasteiger charge is -2.14. The minimum Gasteiger partial charge on any atom is -0.497 e. The minimum absolute atomic E-state index is 0.325. The van der Waals surface area contributed by atoms with E-state index in [1.54, 1.807) is 7.11 Å². The van der Waals surface area contributed by atoms with Crippen molar-refractivity contribution in [2.75, 3.05) is 7.11 Å². The molecule has 0 aliphatic carbocycles. The Morgan fingerprint density at radius 2 is 1.95 bits per heavy atom. The van der Waals surface area contributed by atoms with Gasteiger partial charge in [0.1, 0.15) is 5.75 Å². The summed E-state index contributed by atoms with van der Waals surface area (Å²) in [6.45, 7) is 2.15. The second-order valence-electron chi connectivity index (χ2n) is 4.50. The van der Waals surface area contributed by atoms with E-state index in [0.717, 1.165) is 12.2 Å². The second-order valence-corrected chi connectivity index (χ2v) is 6.69. The summed E-state index contributed by atoms with van der Waals surface area (Å²) in [7, 11) is 1.70. The molecular weight excluding hydrogens is 415 g/mol. The van der Waals surface area contributed by atoms with Gasteiger partial charge in [0.15, 0.2) is 0 Å². The average molecular weight is 431 g/mol. The van der Waals surface area contributed by atoms with Crippen LogP contribution in [-0.4, -0.2) is 7.11 Å². The number of ether oxygens (including phenoxy) is 1. The molecule has 0 saturated carbocycles. The lowest BCUT2D eigenvalue weighted by atomic mass is 10.0. The van der Waals surface area contributed by atoms with Gasteiger partial charge in [-0.05, 0) is 64.8 Å². The first-order valence-electron chi connectivity index (χ1n) is 6.14. The van der Waals surface area contributed by atoms with Crippen molar-refractivity contribution in [2.24, 2.45) is 0 Å². The number of halogens is 2. The smallest absolute Gasteiger partial charge is 0.119 e. The van der Waals surface area contributed by atoms with Crippen LogP contribution in [0.1, 0.15) is 21.5 Å². The number of aryl methyl sites for hydroxylation is 1. The maximum atomic E-state index is 5.27. The molecule has 0 radical (unpaired) electrons. The molecule has 1 nitrogen and oxygen atoms in total. The summed E-state index contributed by atoms with van der Waals surface area (Å²) >= 11 is 6.23. The third kappa shape index (κ3) is 3.72. The largest absolute Gasteiger partial charge is 0.497 e. The number of alkyl halides is 1. The number of rotatable bonds is 4. The van der Waals surface area contributed by atoms with Gasteiger partial charge in [-0.25, -0.2) is 0 Å². The quantitative estimate of drug-likeness (QED) is 0.473. The van der Waals surface area contributed by atoms with Crippen LogP contribution < -0.4 is 4.74 Å². The molecule has 2 rings (SSSR count). The van der Waals surface area contributed by atoms with Gasteiger partial charge < -0.3 is 4.74 Å². The van der Waals surface area contributed by atoms with Crippen LogP contribution >= 0.6 is 38.5 Å². The predicted molar refractivity (Wildman–Crippen MR) is 92.3 cm³/mol. The van der Waals surface area contributed by atoms with Crippen molar-refractivity contribution in [1.82, 2.24) is 0 Å². The lowest BCUT2D eigenvalue weighted by molar-refractivity contribution is 0.414. The molecule has 0 aromatic heterocycles. The monoisotopic (exact) mass is 430 g/mol. The summed E-state index contributed by atoms with van der Waals surface area (Å²) in [5.41, 5.74) is 3.95. The van der Waals surface area contributed by atoms with E-state index in [1.807, 2.05) is 12.1 Å². The average Bonchev–Trinajstić information content (AvgIpc) is 2.42. The summed E-state index contributed by atoms with van der Waals surface area (Å²) in [5.74, 6) is 0.913. The van der Waals surface area contributed by atoms with Crippen LogP contribution in [0.5, 0.6) is 5.75 Å². The molecule has 0 saturated heterocycles. The Balaban J connectivity index is 2.20. The fourth-order valence-electron chi connectivity index (χ4n) is 2.03. The van der Waals surface area contributed by atoms with Crippen LogP contribution in [0.3, 0.4) is 0 Å². The highest BCUT2D eigenvalue weighted by Crippen LogP contribution is 2.32. The normalized spacial score (nSPS) is 12.2. The third-order valence-electron chi connectivity index (χ3n) is 3.11. The molecule has 2 aromatic rings. The fourth-order valence-corrected chi connectivity index (χ4v) is 3.95. The van der Waals surface area contributed by atoms with Gasteiger partial charge in [0, 0.05) is 8.40 Å². The Kier molecular flexibility index (Phi) is 5.28. The molecule has 3 heteroatoms. The van der Waals surface area contributed by atoms with Crippen molar-refractivity contribution in [2.45, 2.75) is 18.2 Å². The van der Waals surface area contributed by atoms with Gasteiger partial charge in [-0.2, -0.15) is 0 Å². The second kappa shape index (κ2) is 6.75. The molecule has 0 bridgehead atoms. The van der Waals surface area contributed by atoms with E-state index in [2.05, 4.69) is 75.8 Å². The van der Waals surface area contributed by atoms with Gasteiger partial charge in [0.25, 0.3) is 0 Å². The van der Waals surface area contributed by atoms with Crippen molar-refractivity contribution < 1.29 is 4.74 Å². The van der Waals surface area contributed by atoms with Gasteiger partial charge in [-0.15, -0.1) is 0 Å². The number of benzene rings is 2. The molecule has 2 aromatic carbocycles. The Morgan fingerprint density at radius 1 is 1.21 bits per heavy atom. The first-order valence-corrected chi connectivity index (χ1v) is 8.13. The van der Waals surface area contributed by atoms with Crippen LogP contribution in [0, 0.1) is 10.5 Å². The SMILES string of the molecule is COc1cccc(CC(Br)c2cccc(C)c2I)c1. The zero-order valence-electron chi connectivity index (χ0n) is 11.0. The Bertz CT molecular complexity index is 568. The van der Waals surface area contributed by atoms with E-state index in [0.29, 0.717) is 4.83 Å². The van der Waals surface area contributed by atoms with E-state index in [9.17, 15) is 0 Å². The van der Waals surface area contributed by atoms with E-state index in [-0.39, 0.29) is 0 Å². The molecule has 1 atom stereocenters. The first-order chi connectivity index (χ1) is 9.11. The van der Waals surface area contributed by atoms with E-state index in [1.165, 1.54) is 20.3 Å². The highest BCUT2D eigenvalue weighted by atomic mass is 127. The first kappa shape index (κ1) is 14.9. The molecular formula is C16H16BrIO. The highest BCUT2D eigenvalue weighted by Gasteiger charge is 2.13. The van der Waals surface area contributed by atoms with Crippen LogP contribution in [-0.2, 0) is 6.42 Å². The zero-order valence-corrected chi connectivity index (χ0v) is 14.7. The van der Waals surface area contributed by atoms with Gasteiger partial charge in [-0.3, -0.25) is 0 Å².